The highest BCUT2D eigenvalue weighted by molar-refractivity contribution is 6.31. The number of aliphatic hydroxyl groups is 1. The Morgan fingerprint density at radius 2 is 1.82 bits per heavy atom. The zero-order valence-corrected chi connectivity index (χ0v) is 10.1. The number of hydrogen-bond donors (Lipinski definition) is 1. The van der Waals surface area contributed by atoms with Crippen LogP contribution in [0.4, 0.5) is 0 Å². The highest BCUT2D eigenvalue weighted by atomic mass is 35.5. The van der Waals surface area contributed by atoms with Crippen LogP contribution in [-0.2, 0) is 6.42 Å². The van der Waals surface area contributed by atoms with E-state index in [0.717, 1.165) is 12.0 Å². The largest absolute Gasteiger partial charge is 0.388 e. The Balaban J connectivity index is 1.99. The van der Waals surface area contributed by atoms with E-state index in [1.807, 2.05) is 30.3 Å². The fourth-order valence-corrected chi connectivity index (χ4v) is 2.02. The summed E-state index contributed by atoms with van der Waals surface area (Å²) in [7, 11) is 0. The maximum absolute atomic E-state index is 10.1. The predicted molar refractivity (Wildman–Crippen MR) is 69.0 cm³/mol. The molecule has 1 N–H and O–H groups in total. The van der Waals surface area contributed by atoms with Crippen LogP contribution >= 0.6 is 11.6 Å². The zero-order chi connectivity index (χ0) is 12.1. The molecule has 88 valence electrons. The van der Waals surface area contributed by atoms with Gasteiger partial charge in [-0.2, -0.15) is 0 Å². The molecule has 0 saturated carbocycles. The molecule has 0 fully saturated rings. The van der Waals surface area contributed by atoms with Crippen LogP contribution < -0.4 is 0 Å². The zero-order valence-electron chi connectivity index (χ0n) is 9.38. The maximum Gasteiger partial charge on any atom is 0.0807 e. The average Bonchev–Trinajstić information content (AvgIpc) is 2.38. The van der Waals surface area contributed by atoms with E-state index in [1.54, 1.807) is 18.5 Å². The van der Waals surface area contributed by atoms with E-state index in [2.05, 4.69) is 4.98 Å². The molecule has 0 bridgehead atoms. The van der Waals surface area contributed by atoms with Crippen LogP contribution in [0.5, 0.6) is 0 Å². The third-order valence-electron chi connectivity index (χ3n) is 2.72. The van der Waals surface area contributed by atoms with E-state index >= 15 is 0 Å². The molecule has 0 aliphatic carbocycles. The number of pyridine rings is 1. The summed E-state index contributed by atoms with van der Waals surface area (Å²) < 4.78 is 0. The van der Waals surface area contributed by atoms with Gasteiger partial charge in [0.05, 0.1) is 6.10 Å². The lowest BCUT2D eigenvalue weighted by molar-refractivity contribution is 0.168. The minimum Gasteiger partial charge on any atom is -0.388 e. The molecule has 0 spiro atoms. The first-order chi connectivity index (χ1) is 8.27. The van der Waals surface area contributed by atoms with Crippen molar-refractivity contribution in [3.05, 3.63) is 64.9 Å². The first-order valence-corrected chi connectivity index (χ1v) is 5.96. The molecule has 17 heavy (non-hydrogen) atoms. The van der Waals surface area contributed by atoms with Crippen molar-refractivity contribution < 1.29 is 5.11 Å². The second-order valence-corrected chi connectivity index (χ2v) is 4.34. The van der Waals surface area contributed by atoms with E-state index in [4.69, 9.17) is 11.6 Å². The molecule has 1 atom stereocenters. The summed E-state index contributed by atoms with van der Waals surface area (Å²) in [6.45, 7) is 0. The van der Waals surface area contributed by atoms with E-state index < -0.39 is 6.10 Å². The third-order valence-corrected chi connectivity index (χ3v) is 3.06. The van der Waals surface area contributed by atoms with Gasteiger partial charge in [-0.05, 0) is 42.2 Å². The number of hydrogen-bond acceptors (Lipinski definition) is 2. The minimum absolute atomic E-state index is 0.517. The van der Waals surface area contributed by atoms with Crippen LogP contribution in [0, 0.1) is 0 Å². The summed E-state index contributed by atoms with van der Waals surface area (Å²) in [4.78, 5) is 3.96. The van der Waals surface area contributed by atoms with Gasteiger partial charge in [0.15, 0.2) is 0 Å². The topological polar surface area (TPSA) is 33.1 Å². The summed E-state index contributed by atoms with van der Waals surface area (Å²) in [6.07, 6.45) is 4.48. The van der Waals surface area contributed by atoms with Crippen molar-refractivity contribution in [3.8, 4) is 0 Å². The molecule has 1 heterocycles. The van der Waals surface area contributed by atoms with Gasteiger partial charge in [-0.15, -0.1) is 0 Å². The van der Waals surface area contributed by atoms with Crippen LogP contribution in [-0.4, -0.2) is 10.1 Å². The highest BCUT2D eigenvalue weighted by Crippen LogP contribution is 2.25. The minimum atomic E-state index is -0.517. The number of rotatable bonds is 4. The quantitative estimate of drug-likeness (QED) is 0.898. The number of nitrogens with zero attached hydrogens (tertiary/aromatic N) is 1. The molecule has 1 aromatic carbocycles. The van der Waals surface area contributed by atoms with Crippen molar-refractivity contribution in [2.45, 2.75) is 18.9 Å². The molecule has 2 aromatic rings. The first-order valence-electron chi connectivity index (χ1n) is 5.59. The fourth-order valence-electron chi connectivity index (χ4n) is 1.75. The Morgan fingerprint density at radius 3 is 2.53 bits per heavy atom. The Labute approximate surface area is 106 Å². The summed E-state index contributed by atoms with van der Waals surface area (Å²) >= 11 is 6.03. The number of aromatic nitrogens is 1. The van der Waals surface area contributed by atoms with Crippen molar-refractivity contribution in [2.24, 2.45) is 0 Å². The van der Waals surface area contributed by atoms with E-state index in [0.29, 0.717) is 11.4 Å². The standard InChI is InChI=1S/C14H14ClNO/c15-13-4-2-1-3-12(13)14(17)6-5-11-7-9-16-10-8-11/h1-4,7-10,14,17H,5-6H2. The summed E-state index contributed by atoms with van der Waals surface area (Å²) in [5.41, 5.74) is 1.97. The molecular weight excluding hydrogens is 234 g/mol. The number of aryl methyl sites for hydroxylation is 1. The van der Waals surface area contributed by atoms with Gasteiger partial charge in [0.2, 0.25) is 0 Å². The van der Waals surface area contributed by atoms with E-state index in [9.17, 15) is 5.11 Å². The SMILES string of the molecule is OC(CCc1ccncc1)c1ccccc1Cl. The van der Waals surface area contributed by atoms with Crippen LogP contribution in [0.25, 0.3) is 0 Å². The van der Waals surface area contributed by atoms with Crippen molar-refractivity contribution in [1.82, 2.24) is 4.98 Å². The number of aliphatic hydroxyl groups excluding tert-OH is 1. The second kappa shape index (κ2) is 5.80. The van der Waals surface area contributed by atoms with Crippen LogP contribution in [0.3, 0.4) is 0 Å². The molecule has 0 aliphatic heterocycles. The lowest BCUT2D eigenvalue weighted by Crippen LogP contribution is -2.00. The molecule has 0 aliphatic rings. The average molecular weight is 248 g/mol. The Morgan fingerprint density at radius 1 is 1.12 bits per heavy atom. The molecule has 0 amide bonds. The van der Waals surface area contributed by atoms with Crippen LogP contribution in [0.2, 0.25) is 5.02 Å². The Hall–Kier alpha value is -1.38. The molecule has 2 rings (SSSR count). The van der Waals surface area contributed by atoms with E-state index in [1.165, 1.54) is 5.56 Å². The molecule has 2 nitrogen and oxygen atoms in total. The van der Waals surface area contributed by atoms with Gasteiger partial charge in [-0.25, -0.2) is 0 Å². The van der Waals surface area contributed by atoms with Gasteiger partial charge in [-0.3, -0.25) is 4.98 Å². The van der Waals surface area contributed by atoms with Gasteiger partial charge in [-0.1, -0.05) is 29.8 Å². The molecule has 1 aromatic heterocycles. The Bertz CT molecular complexity index is 473. The van der Waals surface area contributed by atoms with Gasteiger partial charge >= 0.3 is 0 Å². The Kier molecular flexibility index (Phi) is 4.13. The summed E-state index contributed by atoms with van der Waals surface area (Å²) in [5, 5.41) is 10.7. The van der Waals surface area contributed by atoms with Crippen molar-refractivity contribution in [3.63, 3.8) is 0 Å². The highest BCUT2D eigenvalue weighted by Gasteiger charge is 2.10. The lowest BCUT2D eigenvalue weighted by atomic mass is 10.0. The first kappa shape index (κ1) is 12.1. The van der Waals surface area contributed by atoms with Gasteiger partial charge in [0, 0.05) is 17.4 Å². The predicted octanol–water partition coefficient (Wildman–Crippen LogP) is 3.40. The van der Waals surface area contributed by atoms with Crippen molar-refractivity contribution >= 4 is 11.6 Å². The summed E-state index contributed by atoms with van der Waals surface area (Å²) in [6, 6.07) is 11.3. The molecule has 1 unspecified atom stereocenters. The van der Waals surface area contributed by atoms with E-state index in [-0.39, 0.29) is 0 Å². The van der Waals surface area contributed by atoms with Crippen molar-refractivity contribution in [2.75, 3.05) is 0 Å². The third kappa shape index (κ3) is 3.29. The van der Waals surface area contributed by atoms with Crippen molar-refractivity contribution in [1.29, 1.82) is 0 Å². The van der Waals surface area contributed by atoms with Gasteiger partial charge in [0.25, 0.3) is 0 Å². The number of benzene rings is 1. The monoisotopic (exact) mass is 247 g/mol. The molecule has 0 radical (unpaired) electrons. The van der Waals surface area contributed by atoms with Crippen LogP contribution in [0.1, 0.15) is 23.7 Å². The normalized spacial score (nSPS) is 12.4. The second-order valence-electron chi connectivity index (χ2n) is 3.93. The smallest absolute Gasteiger partial charge is 0.0807 e. The molecule has 3 heteroatoms. The number of halogens is 1. The fraction of sp³-hybridized carbons (Fsp3) is 0.214. The summed E-state index contributed by atoms with van der Waals surface area (Å²) in [5.74, 6) is 0. The molecule has 0 saturated heterocycles. The lowest BCUT2D eigenvalue weighted by Gasteiger charge is -2.12. The maximum atomic E-state index is 10.1. The van der Waals surface area contributed by atoms with Gasteiger partial charge < -0.3 is 5.11 Å². The van der Waals surface area contributed by atoms with Crippen LogP contribution in [0.15, 0.2) is 48.8 Å². The van der Waals surface area contributed by atoms with Gasteiger partial charge in [0.1, 0.15) is 0 Å². The molecular formula is C14H14ClNO.